The minimum atomic E-state index is -0.608. The van der Waals surface area contributed by atoms with Gasteiger partial charge < -0.3 is 30.5 Å². The van der Waals surface area contributed by atoms with Gasteiger partial charge in [0.15, 0.2) is 5.76 Å². The van der Waals surface area contributed by atoms with Crippen molar-refractivity contribution in [1.29, 1.82) is 0 Å². The molecule has 206 valence electrons. The van der Waals surface area contributed by atoms with E-state index < -0.39 is 24.1 Å². The van der Waals surface area contributed by atoms with E-state index in [9.17, 15) is 14.4 Å². The second-order valence-corrected chi connectivity index (χ2v) is 10.7. The Balaban J connectivity index is 1.39. The van der Waals surface area contributed by atoms with Crippen molar-refractivity contribution in [3.63, 3.8) is 0 Å². The van der Waals surface area contributed by atoms with Gasteiger partial charge in [0.05, 0.1) is 12.2 Å². The lowest BCUT2D eigenvalue weighted by Crippen LogP contribution is -2.46. The summed E-state index contributed by atoms with van der Waals surface area (Å²) in [5, 5.41) is 10.2. The Kier molecular flexibility index (Phi) is 8.04. The van der Waals surface area contributed by atoms with Gasteiger partial charge in [-0.05, 0) is 43.5 Å². The molecule has 1 fully saturated rings. The molecule has 1 atom stereocenters. The van der Waals surface area contributed by atoms with Gasteiger partial charge in [0.1, 0.15) is 22.4 Å². The number of benzene rings is 2. The summed E-state index contributed by atoms with van der Waals surface area (Å²) in [6, 6.07) is 17.0. The van der Waals surface area contributed by atoms with Gasteiger partial charge in [-0.15, -0.1) is 11.3 Å². The average molecular weight is 580 g/mol. The molecule has 40 heavy (non-hydrogen) atoms. The van der Waals surface area contributed by atoms with Crippen molar-refractivity contribution in [3.8, 4) is 21.8 Å². The van der Waals surface area contributed by atoms with E-state index in [0.717, 1.165) is 16.0 Å². The molecule has 1 saturated heterocycles. The number of hydrogen-bond acceptors (Lipinski definition) is 7. The fraction of sp³-hybridized carbons (Fsp3) is 0.214. The summed E-state index contributed by atoms with van der Waals surface area (Å²) in [5.74, 6) is -0.195. The van der Waals surface area contributed by atoms with Crippen LogP contribution in [0.25, 0.3) is 21.8 Å². The highest BCUT2D eigenvalue weighted by Gasteiger charge is 2.28. The van der Waals surface area contributed by atoms with Crippen LogP contribution in [0.15, 0.2) is 65.2 Å². The summed E-state index contributed by atoms with van der Waals surface area (Å²) in [5.41, 5.74) is 8.16. The zero-order valence-electron chi connectivity index (χ0n) is 21.5. The minimum Gasteiger partial charge on any atom is -0.456 e. The van der Waals surface area contributed by atoms with Gasteiger partial charge in [0, 0.05) is 22.0 Å². The van der Waals surface area contributed by atoms with Gasteiger partial charge in [0.2, 0.25) is 0 Å². The quantitative estimate of drug-likeness (QED) is 0.227. The summed E-state index contributed by atoms with van der Waals surface area (Å²) in [6.07, 6.45) is 0.754. The zero-order valence-corrected chi connectivity index (χ0v) is 23.1. The summed E-state index contributed by atoms with van der Waals surface area (Å²) in [7, 11) is 0. The van der Waals surface area contributed by atoms with E-state index in [1.54, 1.807) is 25.1 Å². The number of carbonyl (C=O) groups excluding carboxylic acids is 3. The Morgan fingerprint density at radius 3 is 2.58 bits per heavy atom. The first-order valence-corrected chi connectivity index (χ1v) is 13.7. The normalized spacial score (nSPS) is 14.9. The zero-order chi connectivity index (χ0) is 28.2. The SMILES string of the molecule is Cc1noc(-c2ccccc2)c1NC(=O)Nc1cc(-c2ccc(Cl)cc2)sc1C(=O)OC1CCCN(C(N)=O)C1. The number of esters is 1. The number of rotatable bonds is 6. The van der Waals surface area contributed by atoms with E-state index in [0.29, 0.717) is 41.6 Å². The lowest BCUT2D eigenvalue weighted by molar-refractivity contribution is 0.0134. The maximum atomic E-state index is 13.3. The van der Waals surface area contributed by atoms with Crippen molar-refractivity contribution in [2.45, 2.75) is 25.9 Å². The number of primary amides is 1. The van der Waals surface area contributed by atoms with Crippen molar-refractivity contribution in [2.24, 2.45) is 5.73 Å². The molecule has 4 N–H and O–H groups in total. The van der Waals surface area contributed by atoms with Gasteiger partial charge in [0.25, 0.3) is 0 Å². The van der Waals surface area contributed by atoms with Crippen molar-refractivity contribution in [3.05, 3.63) is 76.3 Å². The molecule has 1 unspecified atom stereocenters. The molecule has 12 heteroatoms. The third kappa shape index (κ3) is 6.11. The first-order valence-electron chi connectivity index (χ1n) is 12.5. The summed E-state index contributed by atoms with van der Waals surface area (Å²) in [6.45, 7) is 2.45. The van der Waals surface area contributed by atoms with Crippen LogP contribution in [0.1, 0.15) is 28.2 Å². The number of carbonyl (C=O) groups is 3. The van der Waals surface area contributed by atoms with E-state index in [-0.39, 0.29) is 17.1 Å². The molecule has 0 radical (unpaired) electrons. The number of aryl methyl sites for hydroxylation is 1. The minimum absolute atomic E-state index is 0.210. The number of piperidine rings is 1. The number of nitrogens with two attached hydrogens (primary N) is 1. The van der Waals surface area contributed by atoms with Gasteiger partial charge in [-0.1, -0.05) is 59.2 Å². The topological polar surface area (TPSA) is 140 Å². The fourth-order valence-electron chi connectivity index (χ4n) is 4.40. The largest absolute Gasteiger partial charge is 0.456 e. The van der Waals surface area contributed by atoms with Crippen LogP contribution in [0, 0.1) is 6.92 Å². The molecule has 4 amide bonds. The number of anilines is 2. The number of aromatic nitrogens is 1. The Bertz CT molecular complexity index is 1540. The predicted molar refractivity (Wildman–Crippen MR) is 154 cm³/mol. The highest BCUT2D eigenvalue weighted by molar-refractivity contribution is 7.18. The number of thiophene rings is 1. The summed E-state index contributed by atoms with van der Waals surface area (Å²) in [4.78, 5) is 40.5. The molecule has 0 saturated carbocycles. The van der Waals surface area contributed by atoms with E-state index >= 15 is 0 Å². The fourth-order valence-corrected chi connectivity index (χ4v) is 5.53. The molecule has 1 aliphatic rings. The molecular formula is C28H26ClN5O5S. The molecule has 5 rings (SSSR count). The Morgan fingerprint density at radius 1 is 1.10 bits per heavy atom. The van der Waals surface area contributed by atoms with Gasteiger partial charge in [-0.2, -0.15) is 0 Å². The van der Waals surface area contributed by atoms with Gasteiger partial charge >= 0.3 is 18.0 Å². The molecule has 10 nitrogen and oxygen atoms in total. The van der Waals surface area contributed by atoms with Crippen molar-refractivity contribution in [2.75, 3.05) is 23.7 Å². The number of halogens is 1. The van der Waals surface area contributed by atoms with Gasteiger partial charge in [-0.3, -0.25) is 0 Å². The second-order valence-electron chi connectivity index (χ2n) is 9.23. The maximum Gasteiger partial charge on any atom is 0.350 e. The third-order valence-corrected chi connectivity index (χ3v) is 7.81. The smallest absolute Gasteiger partial charge is 0.350 e. The number of hydrogen-bond donors (Lipinski definition) is 3. The lowest BCUT2D eigenvalue weighted by atomic mass is 10.1. The van der Waals surface area contributed by atoms with Crippen LogP contribution in [-0.2, 0) is 4.74 Å². The average Bonchev–Trinajstić information content (AvgIpc) is 3.53. The number of ether oxygens (including phenoxy) is 1. The molecule has 0 bridgehead atoms. The first-order chi connectivity index (χ1) is 19.3. The molecule has 0 spiro atoms. The van der Waals surface area contributed by atoms with Crippen LogP contribution in [0.5, 0.6) is 0 Å². The Hall–Kier alpha value is -4.35. The van der Waals surface area contributed by atoms with E-state index in [4.69, 9.17) is 26.6 Å². The van der Waals surface area contributed by atoms with E-state index in [1.165, 1.54) is 16.2 Å². The monoisotopic (exact) mass is 579 g/mol. The molecular weight excluding hydrogens is 554 g/mol. The van der Waals surface area contributed by atoms with Crippen LogP contribution in [-0.4, -0.2) is 47.3 Å². The van der Waals surface area contributed by atoms with Crippen molar-refractivity contribution >= 4 is 52.3 Å². The molecule has 2 aromatic heterocycles. The standard InChI is InChI=1S/C28H26ClN5O5S/c1-16-23(24(39-33-16)18-6-3-2-4-7-18)32-28(37)31-21-14-22(17-9-11-19(29)12-10-17)40-25(21)26(35)38-20-8-5-13-34(15-20)27(30)36/h2-4,6-7,9-12,14,20H,5,8,13,15H2,1H3,(H2,30,36)(H2,31,32,37). The van der Waals surface area contributed by atoms with Crippen LogP contribution in [0.2, 0.25) is 5.02 Å². The number of amides is 4. The molecule has 4 aromatic rings. The predicted octanol–water partition coefficient (Wildman–Crippen LogP) is 6.38. The van der Waals surface area contributed by atoms with Gasteiger partial charge in [-0.25, -0.2) is 14.4 Å². The van der Waals surface area contributed by atoms with Crippen LogP contribution in [0.3, 0.4) is 0 Å². The van der Waals surface area contributed by atoms with Crippen molar-refractivity contribution < 1.29 is 23.6 Å². The first kappa shape index (κ1) is 27.2. The molecule has 3 heterocycles. The van der Waals surface area contributed by atoms with Crippen LogP contribution >= 0.6 is 22.9 Å². The van der Waals surface area contributed by atoms with E-state index in [2.05, 4.69) is 15.8 Å². The summed E-state index contributed by atoms with van der Waals surface area (Å²) >= 11 is 7.23. The maximum absolute atomic E-state index is 13.3. The molecule has 2 aromatic carbocycles. The lowest BCUT2D eigenvalue weighted by Gasteiger charge is -2.31. The summed E-state index contributed by atoms with van der Waals surface area (Å²) < 4.78 is 11.2. The number of nitrogens with one attached hydrogen (secondary N) is 2. The van der Waals surface area contributed by atoms with Crippen LogP contribution in [0.4, 0.5) is 21.0 Å². The van der Waals surface area contributed by atoms with Crippen molar-refractivity contribution in [1.82, 2.24) is 10.1 Å². The number of nitrogens with zero attached hydrogens (tertiary/aromatic N) is 2. The van der Waals surface area contributed by atoms with E-state index in [1.807, 2.05) is 42.5 Å². The van der Waals surface area contributed by atoms with Crippen LogP contribution < -0.4 is 16.4 Å². The number of likely N-dealkylation sites (tertiary alicyclic amines) is 1. The Labute approximate surface area is 239 Å². The second kappa shape index (κ2) is 11.8. The third-order valence-electron chi connectivity index (χ3n) is 6.40. The highest BCUT2D eigenvalue weighted by atomic mass is 35.5. The number of urea groups is 2. The molecule has 1 aliphatic heterocycles. The highest BCUT2D eigenvalue weighted by Crippen LogP contribution is 2.37. The molecule has 0 aliphatic carbocycles. The Morgan fingerprint density at radius 2 is 1.85 bits per heavy atom.